The van der Waals surface area contributed by atoms with Crippen LogP contribution in [0.3, 0.4) is 0 Å². The Morgan fingerprint density at radius 1 is 1.21 bits per heavy atom. The number of imidazole rings is 1. The Kier molecular flexibility index (Phi) is 5.69. The molecule has 0 radical (unpaired) electrons. The van der Waals surface area contributed by atoms with Gasteiger partial charge in [0.1, 0.15) is 18.8 Å². The maximum atomic E-state index is 12.3. The zero-order valence-corrected chi connectivity index (χ0v) is 17.6. The van der Waals surface area contributed by atoms with E-state index in [2.05, 4.69) is 40.0 Å². The Balaban J connectivity index is 1.48. The molecule has 15 heteroatoms. The number of carbonyl (C=O) groups is 1. The second kappa shape index (κ2) is 8.48. The lowest BCUT2D eigenvalue weighted by molar-refractivity contribution is -0.276. The molecule has 1 aliphatic heterocycles. The molecule has 174 valence electrons. The molecule has 0 spiro atoms. The molecule has 4 rings (SSSR count). The minimum absolute atomic E-state index is 0.175. The van der Waals surface area contributed by atoms with Crippen LogP contribution in [0.5, 0.6) is 5.88 Å². The topological polar surface area (TPSA) is 133 Å². The van der Waals surface area contributed by atoms with Crippen LogP contribution >= 0.6 is 0 Å². The van der Waals surface area contributed by atoms with E-state index in [-0.39, 0.29) is 36.4 Å². The summed E-state index contributed by atoms with van der Waals surface area (Å²) in [4.78, 5) is 37.9. The fraction of sp³-hybridized carbons (Fsp3) is 0.389. The van der Waals surface area contributed by atoms with Crippen molar-refractivity contribution in [2.45, 2.75) is 39.2 Å². The van der Waals surface area contributed by atoms with Crippen molar-refractivity contribution in [3.05, 3.63) is 36.4 Å². The van der Waals surface area contributed by atoms with Gasteiger partial charge in [-0.05, 0) is 20.8 Å². The summed E-state index contributed by atoms with van der Waals surface area (Å²) in [6, 6.07) is -0.584. The molecule has 2 atom stereocenters. The largest absolute Gasteiger partial charge is 0.574 e. The maximum Gasteiger partial charge on any atom is 0.574 e. The maximum absolute atomic E-state index is 12.3. The molecule has 0 unspecified atom stereocenters. The van der Waals surface area contributed by atoms with Crippen molar-refractivity contribution in [2.75, 3.05) is 16.8 Å². The molecule has 0 aliphatic carbocycles. The lowest BCUT2D eigenvalue weighted by Gasteiger charge is -2.18. The van der Waals surface area contributed by atoms with E-state index in [1.54, 1.807) is 13.1 Å². The third-order valence-electron chi connectivity index (χ3n) is 4.53. The van der Waals surface area contributed by atoms with Gasteiger partial charge in [-0.2, -0.15) is 15.0 Å². The number of aryl methyl sites for hydroxylation is 1. The number of rotatable bonds is 6. The smallest absolute Gasteiger partial charge is 0.447 e. The molecule has 3 aromatic heterocycles. The number of nitrogens with one attached hydrogen (secondary N) is 1. The molecule has 12 nitrogen and oxygen atoms in total. The van der Waals surface area contributed by atoms with Gasteiger partial charge in [0.2, 0.25) is 17.8 Å². The standard InChI is InChI=1S/C18H18F3N9O3/c1-9-7-32-17(31)30(9)16-27-11(3)26-15(28-16)25-10(2)12-6-29(8-24-12)13-4-23-14(5-22-13)33-18(19,20)21/h4-6,8-10H,7H2,1-3H3,(H,25,26,27,28)/t9-,10-/m0/s1. The van der Waals surface area contributed by atoms with Crippen LogP contribution in [0, 0.1) is 6.92 Å². The highest BCUT2D eigenvalue weighted by Gasteiger charge is 2.34. The fourth-order valence-electron chi connectivity index (χ4n) is 3.00. The van der Waals surface area contributed by atoms with Gasteiger partial charge in [0.05, 0.1) is 30.2 Å². The van der Waals surface area contributed by atoms with Crippen LogP contribution in [-0.2, 0) is 4.74 Å². The van der Waals surface area contributed by atoms with Crippen molar-refractivity contribution in [1.82, 2.24) is 34.5 Å². The van der Waals surface area contributed by atoms with E-state index in [1.165, 1.54) is 15.8 Å². The molecule has 3 aromatic rings. The number of amides is 1. The number of nitrogens with zero attached hydrogens (tertiary/aromatic N) is 8. The first kappa shape index (κ1) is 22.2. The first-order valence-electron chi connectivity index (χ1n) is 9.66. The number of hydrogen-bond acceptors (Lipinski definition) is 10. The SMILES string of the molecule is Cc1nc(N[C@@H](C)c2cn(-c3cnc(OC(F)(F)F)cn3)cn2)nc(N2C(=O)OC[C@@H]2C)n1. The summed E-state index contributed by atoms with van der Waals surface area (Å²) in [6.45, 7) is 5.54. The molecule has 33 heavy (non-hydrogen) atoms. The van der Waals surface area contributed by atoms with Crippen molar-refractivity contribution in [3.8, 4) is 11.7 Å². The quantitative estimate of drug-likeness (QED) is 0.579. The Morgan fingerprint density at radius 3 is 2.64 bits per heavy atom. The van der Waals surface area contributed by atoms with Crippen molar-refractivity contribution in [1.29, 1.82) is 0 Å². The summed E-state index contributed by atoms with van der Waals surface area (Å²) in [7, 11) is 0. The Hall–Kier alpha value is -4.04. The third kappa shape index (κ3) is 5.07. The summed E-state index contributed by atoms with van der Waals surface area (Å²) in [5, 5.41) is 3.09. The van der Waals surface area contributed by atoms with Crippen LogP contribution in [0.1, 0.15) is 31.4 Å². The van der Waals surface area contributed by atoms with E-state index in [4.69, 9.17) is 4.74 Å². The predicted octanol–water partition coefficient (Wildman–Crippen LogP) is 2.57. The second-order valence-corrected chi connectivity index (χ2v) is 7.13. The molecule has 0 bridgehead atoms. The van der Waals surface area contributed by atoms with E-state index in [9.17, 15) is 18.0 Å². The summed E-state index contributed by atoms with van der Waals surface area (Å²) in [5.41, 5.74) is 0.570. The van der Waals surface area contributed by atoms with Crippen molar-refractivity contribution in [2.24, 2.45) is 0 Å². The highest BCUT2D eigenvalue weighted by Crippen LogP contribution is 2.23. The zero-order chi connectivity index (χ0) is 23.8. The van der Waals surface area contributed by atoms with Gasteiger partial charge < -0.3 is 14.8 Å². The number of cyclic esters (lactones) is 1. The number of anilines is 2. The summed E-state index contributed by atoms with van der Waals surface area (Å²) in [5.74, 6) is 0.395. The van der Waals surface area contributed by atoms with Gasteiger partial charge >= 0.3 is 12.5 Å². The summed E-state index contributed by atoms with van der Waals surface area (Å²) in [6.07, 6.45) is -0.320. The monoisotopic (exact) mass is 465 g/mol. The summed E-state index contributed by atoms with van der Waals surface area (Å²) >= 11 is 0. The minimum Gasteiger partial charge on any atom is -0.447 e. The van der Waals surface area contributed by atoms with Gasteiger partial charge in [0.25, 0.3) is 0 Å². The van der Waals surface area contributed by atoms with E-state index in [0.29, 0.717) is 11.5 Å². The van der Waals surface area contributed by atoms with Crippen molar-refractivity contribution in [3.63, 3.8) is 0 Å². The van der Waals surface area contributed by atoms with Crippen LogP contribution < -0.4 is 15.0 Å². The number of aromatic nitrogens is 7. The van der Waals surface area contributed by atoms with E-state index in [0.717, 1.165) is 12.4 Å². The first-order chi connectivity index (χ1) is 15.6. The number of halogens is 3. The second-order valence-electron chi connectivity index (χ2n) is 7.13. The number of carbonyl (C=O) groups excluding carboxylic acids is 1. The van der Waals surface area contributed by atoms with Gasteiger partial charge in [-0.25, -0.2) is 24.6 Å². The predicted molar refractivity (Wildman–Crippen MR) is 106 cm³/mol. The Bertz CT molecular complexity index is 1150. The summed E-state index contributed by atoms with van der Waals surface area (Å²) < 4.78 is 47.0. The van der Waals surface area contributed by atoms with Crippen LogP contribution in [-0.4, -0.2) is 59.6 Å². The molecule has 0 aromatic carbocycles. The highest BCUT2D eigenvalue weighted by atomic mass is 19.4. The highest BCUT2D eigenvalue weighted by molar-refractivity contribution is 5.88. The van der Waals surface area contributed by atoms with Gasteiger partial charge in [-0.15, -0.1) is 13.2 Å². The van der Waals surface area contributed by atoms with E-state index in [1.807, 2.05) is 13.8 Å². The van der Waals surface area contributed by atoms with Crippen LogP contribution in [0.25, 0.3) is 5.82 Å². The van der Waals surface area contributed by atoms with E-state index < -0.39 is 18.3 Å². The Morgan fingerprint density at radius 2 is 2.00 bits per heavy atom. The normalized spacial score (nSPS) is 17.1. The number of alkyl halides is 3. The molecule has 1 amide bonds. The molecule has 1 fully saturated rings. The lowest BCUT2D eigenvalue weighted by Crippen LogP contribution is -2.33. The molecule has 1 aliphatic rings. The van der Waals surface area contributed by atoms with Gasteiger partial charge in [0, 0.05) is 6.20 Å². The molecule has 4 heterocycles. The molecular formula is C18H18F3N9O3. The van der Waals surface area contributed by atoms with Crippen LogP contribution in [0.2, 0.25) is 0 Å². The molecule has 1 N–H and O–H groups in total. The van der Waals surface area contributed by atoms with Crippen molar-refractivity contribution < 1.29 is 27.4 Å². The average molecular weight is 465 g/mol. The van der Waals surface area contributed by atoms with E-state index >= 15 is 0 Å². The molecule has 0 saturated carbocycles. The number of hydrogen-bond donors (Lipinski definition) is 1. The molecular weight excluding hydrogens is 447 g/mol. The van der Waals surface area contributed by atoms with Gasteiger partial charge in [-0.1, -0.05) is 0 Å². The molecule has 1 saturated heterocycles. The average Bonchev–Trinajstić information content (AvgIpc) is 3.34. The fourth-order valence-corrected chi connectivity index (χ4v) is 3.00. The van der Waals surface area contributed by atoms with Crippen molar-refractivity contribution >= 4 is 18.0 Å². The van der Waals surface area contributed by atoms with Crippen LogP contribution in [0.4, 0.5) is 29.9 Å². The Labute approximate surface area is 184 Å². The lowest BCUT2D eigenvalue weighted by atomic mass is 10.2. The van der Waals surface area contributed by atoms with Gasteiger partial charge in [-0.3, -0.25) is 4.57 Å². The zero-order valence-electron chi connectivity index (χ0n) is 17.6. The first-order valence-corrected chi connectivity index (χ1v) is 9.66. The third-order valence-corrected chi connectivity index (χ3v) is 4.53. The minimum atomic E-state index is -4.85. The van der Waals surface area contributed by atoms with Gasteiger partial charge in [0.15, 0.2) is 5.82 Å². The number of ether oxygens (including phenoxy) is 2. The van der Waals surface area contributed by atoms with Crippen LogP contribution in [0.15, 0.2) is 24.9 Å².